The van der Waals surface area contributed by atoms with Gasteiger partial charge in [-0.3, -0.25) is 4.79 Å². The van der Waals surface area contributed by atoms with E-state index in [9.17, 15) is 9.59 Å². The summed E-state index contributed by atoms with van der Waals surface area (Å²) in [5.74, 6) is -0.694. The molecule has 1 unspecified atom stereocenters. The number of aliphatic carboxylic acids is 1. The molecule has 2 aromatic rings. The normalized spacial score (nSPS) is 11.8. The zero-order chi connectivity index (χ0) is 17.5. The molecule has 0 radical (unpaired) electrons. The molecule has 1 atom stereocenters. The number of ether oxygens (including phenoxy) is 1. The number of carboxylic acid groups (broad SMARTS) is 1. The van der Waals surface area contributed by atoms with E-state index in [1.54, 1.807) is 12.5 Å². The molecule has 0 aliphatic rings. The smallest absolute Gasteiger partial charge is 0.326 e. The molecule has 0 bridgehead atoms. The zero-order valence-corrected chi connectivity index (χ0v) is 14.4. The Morgan fingerprint density at radius 3 is 2.62 bits per heavy atom. The fourth-order valence-electron chi connectivity index (χ4n) is 2.19. The van der Waals surface area contributed by atoms with Gasteiger partial charge in [-0.15, -0.1) is 11.3 Å². The lowest BCUT2D eigenvalue weighted by molar-refractivity contribution is -0.139. The highest BCUT2D eigenvalue weighted by Gasteiger charge is 2.21. The molecule has 0 aliphatic heterocycles. The largest absolute Gasteiger partial charge is 0.497 e. The molecule has 24 heavy (non-hydrogen) atoms. The van der Waals surface area contributed by atoms with Crippen molar-refractivity contribution in [2.24, 2.45) is 0 Å². The van der Waals surface area contributed by atoms with Crippen LogP contribution in [0.5, 0.6) is 5.75 Å². The molecular weight excluding hydrogens is 328 g/mol. The summed E-state index contributed by atoms with van der Waals surface area (Å²) in [4.78, 5) is 27.6. The lowest BCUT2D eigenvalue weighted by atomic mass is 10.1. The fourth-order valence-corrected chi connectivity index (χ4v) is 3.00. The number of hydrogen-bond donors (Lipinski definition) is 2. The Morgan fingerprint density at radius 1 is 1.33 bits per heavy atom. The second-order valence-electron chi connectivity index (χ2n) is 5.30. The van der Waals surface area contributed by atoms with Crippen molar-refractivity contribution in [2.45, 2.75) is 32.2 Å². The van der Waals surface area contributed by atoms with Gasteiger partial charge in [0, 0.05) is 11.8 Å². The third-order valence-corrected chi connectivity index (χ3v) is 4.33. The van der Waals surface area contributed by atoms with Crippen LogP contribution in [-0.2, 0) is 11.2 Å². The van der Waals surface area contributed by atoms with Crippen LogP contribution >= 0.6 is 11.3 Å². The first kappa shape index (κ1) is 17.9. The standard InChI is InChI=1S/C17H20N2O4S/c1-3-4-13(17(21)22)19-16(20)14-10-24-15(18-14)9-11-5-7-12(23-2)8-6-11/h5-8,10,13H,3-4,9H2,1-2H3,(H,19,20)(H,21,22). The monoisotopic (exact) mass is 348 g/mol. The molecule has 128 valence electrons. The summed E-state index contributed by atoms with van der Waals surface area (Å²) in [6.45, 7) is 1.87. The molecule has 2 N–H and O–H groups in total. The second-order valence-corrected chi connectivity index (χ2v) is 6.25. The molecular formula is C17H20N2O4S. The van der Waals surface area contributed by atoms with Crippen molar-refractivity contribution in [1.29, 1.82) is 0 Å². The molecule has 6 nitrogen and oxygen atoms in total. The first-order valence-corrected chi connectivity index (χ1v) is 8.52. The Hall–Kier alpha value is -2.41. The minimum absolute atomic E-state index is 0.255. The van der Waals surface area contributed by atoms with E-state index in [0.29, 0.717) is 19.3 Å². The first-order chi connectivity index (χ1) is 11.5. The minimum Gasteiger partial charge on any atom is -0.497 e. The van der Waals surface area contributed by atoms with Crippen LogP contribution in [-0.4, -0.2) is 35.1 Å². The van der Waals surface area contributed by atoms with Crippen LogP contribution in [0.15, 0.2) is 29.6 Å². The van der Waals surface area contributed by atoms with E-state index in [-0.39, 0.29) is 5.69 Å². The number of benzene rings is 1. The van der Waals surface area contributed by atoms with E-state index in [4.69, 9.17) is 9.84 Å². The van der Waals surface area contributed by atoms with Crippen molar-refractivity contribution >= 4 is 23.2 Å². The third kappa shape index (κ3) is 4.79. The summed E-state index contributed by atoms with van der Waals surface area (Å²) in [6.07, 6.45) is 1.68. The summed E-state index contributed by atoms with van der Waals surface area (Å²) < 4.78 is 5.12. The van der Waals surface area contributed by atoms with E-state index in [1.165, 1.54) is 11.3 Å². The van der Waals surface area contributed by atoms with Gasteiger partial charge in [-0.2, -0.15) is 0 Å². The van der Waals surface area contributed by atoms with Crippen LogP contribution in [0.4, 0.5) is 0 Å². The van der Waals surface area contributed by atoms with Gasteiger partial charge < -0.3 is 15.2 Å². The number of aromatic nitrogens is 1. The van der Waals surface area contributed by atoms with Gasteiger partial charge in [-0.1, -0.05) is 25.5 Å². The quantitative estimate of drug-likeness (QED) is 0.766. The molecule has 1 aromatic carbocycles. The molecule has 1 amide bonds. The minimum atomic E-state index is -1.03. The molecule has 0 spiro atoms. The maximum Gasteiger partial charge on any atom is 0.326 e. The van der Waals surface area contributed by atoms with E-state index in [1.807, 2.05) is 31.2 Å². The maximum absolute atomic E-state index is 12.1. The Bertz CT molecular complexity index is 697. The molecule has 7 heteroatoms. The van der Waals surface area contributed by atoms with Gasteiger partial charge in [0.05, 0.1) is 12.1 Å². The summed E-state index contributed by atoms with van der Waals surface area (Å²) in [7, 11) is 1.61. The van der Waals surface area contributed by atoms with Crippen molar-refractivity contribution in [3.63, 3.8) is 0 Å². The first-order valence-electron chi connectivity index (χ1n) is 7.64. The number of rotatable bonds is 8. The molecule has 0 fully saturated rings. The van der Waals surface area contributed by atoms with Gasteiger partial charge in [0.1, 0.15) is 17.5 Å². The highest BCUT2D eigenvalue weighted by atomic mass is 32.1. The topological polar surface area (TPSA) is 88.5 Å². The van der Waals surface area contributed by atoms with Gasteiger partial charge >= 0.3 is 5.97 Å². The van der Waals surface area contributed by atoms with Crippen LogP contribution in [0.1, 0.15) is 40.8 Å². The zero-order valence-electron chi connectivity index (χ0n) is 13.6. The van der Waals surface area contributed by atoms with Gasteiger partial charge in [-0.05, 0) is 24.1 Å². The van der Waals surface area contributed by atoms with Crippen molar-refractivity contribution in [3.8, 4) is 5.75 Å². The number of hydrogen-bond acceptors (Lipinski definition) is 5. The average molecular weight is 348 g/mol. The number of thiazole rings is 1. The predicted molar refractivity (Wildman–Crippen MR) is 91.7 cm³/mol. The van der Waals surface area contributed by atoms with E-state index < -0.39 is 17.9 Å². The summed E-state index contributed by atoms with van der Waals surface area (Å²) in [5, 5.41) is 14.1. The Kier molecular flexibility index (Phi) is 6.31. The van der Waals surface area contributed by atoms with E-state index in [2.05, 4.69) is 10.3 Å². The molecule has 2 rings (SSSR count). The van der Waals surface area contributed by atoms with Crippen molar-refractivity contribution in [1.82, 2.24) is 10.3 Å². The van der Waals surface area contributed by atoms with Crippen LogP contribution in [0.2, 0.25) is 0 Å². The molecule has 1 heterocycles. The van der Waals surface area contributed by atoms with Gasteiger partial charge in [0.15, 0.2) is 0 Å². The summed E-state index contributed by atoms with van der Waals surface area (Å²) in [5.41, 5.74) is 1.32. The number of nitrogens with one attached hydrogen (secondary N) is 1. The summed E-state index contributed by atoms with van der Waals surface area (Å²) in [6, 6.07) is 6.76. The average Bonchev–Trinajstić information content (AvgIpc) is 3.03. The number of carbonyl (C=O) groups excluding carboxylic acids is 1. The molecule has 0 saturated carbocycles. The molecule has 0 saturated heterocycles. The lowest BCUT2D eigenvalue weighted by Gasteiger charge is -2.12. The van der Waals surface area contributed by atoms with Crippen molar-refractivity contribution in [3.05, 3.63) is 45.9 Å². The van der Waals surface area contributed by atoms with Crippen LogP contribution in [0.25, 0.3) is 0 Å². The van der Waals surface area contributed by atoms with E-state index in [0.717, 1.165) is 16.3 Å². The number of methoxy groups -OCH3 is 1. The van der Waals surface area contributed by atoms with Crippen LogP contribution in [0.3, 0.4) is 0 Å². The third-order valence-electron chi connectivity index (χ3n) is 3.48. The fraction of sp³-hybridized carbons (Fsp3) is 0.353. The highest BCUT2D eigenvalue weighted by Crippen LogP contribution is 2.18. The molecule has 0 aliphatic carbocycles. The lowest BCUT2D eigenvalue weighted by Crippen LogP contribution is -2.40. The highest BCUT2D eigenvalue weighted by molar-refractivity contribution is 7.09. The second kappa shape index (κ2) is 8.44. The predicted octanol–water partition coefficient (Wildman–Crippen LogP) is 2.73. The SMILES string of the molecule is CCCC(NC(=O)c1csc(Cc2ccc(OC)cc2)n1)C(=O)O. The van der Waals surface area contributed by atoms with Crippen LogP contribution in [0, 0.1) is 0 Å². The molecule has 1 aromatic heterocycles. The number of amides is 1. The Balaban J connectivity index is 2.00. The van der Waals surface area contributed by atoms with Gasteiger partial charge in [0.2, 0.25) is 0 Å². The Morgan fingerprint density at radius 2 is 2.04 bits per heavy atom. The number of carbonyl (C=O) groups is 2. The summed E-state index contributed by atoms with van der Waals surface area (Å²) >= 11 is 1.38. The number of nitrogens with zero attached hydrogens (tertiary/aromatic N) is 1. The van der Waals surface area contributed by atoms with Crippen LogP contribution < -0.4 is 10.1 Å². The number of carboxylic acids is 1. The van der Waals surface area contributed by atoms with Crippen molar-refractivity contribution in [2.75, 3.05) is 7.11 Å². The van der Waals surface area contributed by atoms with Crippen molar-refractivity contribution < 1.29 is 19.4 Å². The Labute approximate surface area is 144 Å². The van der Waals surface area contributed by atoms with Gasteiger partial charge in [-0.25, -0.2) is 9.78 Å². The van der Waals surface area contributed by atoms with Gasteiger partial charge in [0.25, 0.3) is 5.91 Å². The van der Waals surface area contributed by atoms with E-state index >= 15 is 0 Å². The maximum atomic E-state index is 12.1.